The fourth-order valence-electron chi connectivity index (χ4n) is 3.71. The average molecular weight is 490 g/mol. The summed E-state index contributed by atoms with van der Waals surface area (Å²) >= 11 is 0. The Morgan fingerprint density at radius 3 is 2.42 bits per heavy atom. The highest BCUT2D eigenvalue weighted by atomic mass is 16.5. The number of hydrogen-bond donors (Lipinski definition) is 5. The number of nitrogens with one attached hydrogen (secondary N) is 4. The van der Waals surface area contributed by atoms with E-state index in [2.05, 4.69) is 29.9 Å². The first-order valence-electron chi connectivity index (χ1n) is 10.6. The molecule has 0 amide bonds. The molecule has 6 aromatic heterocycles. The Morgan fingerprint density at radius 1 is 0.944 bits per heavy atom. The van der Waals surface area contributed by atoms with Crippen molar-refractivity contribution in [2.45, 2.75) is 6.92 Å². The number of carboxylic acid groups (broad SMARTS) is 1. The molecule has 0 radical (unpaired) electrons. The Balaban J connectivity index is 0.000000148. The molecule has 184 valence electrons. The first-order chi connectivity index (χ1) is 17.3. The number of carbonyl (C=O) groups is 1. The van der Waals surface area contributed by atoms with Crippen LogP contribution in [-0.2, 0) is 4.79 Å². The summed E-state index contributed by atoms with van der Waals surface area (Å²) in [6.07, 6.45) is 6.57. The first-order valence-corrected chi connectivity index (χ1v) is 10.6. The summed E-state index contributed by atoms with van der Waals surface area (Å²) in [6, 6.07) is 6.57. The molecule has 0 bridgehead atoms. The van der Waals surface area contributed by atoms with Crippen molar-refractivity contribution in [1.29, 1.82) is 0 Å². The van der Waals surface area contributed by atoms with Crippen molar-refractivity contribution < 1.29 is 19.4 Å². The van der Waals surface area contributed by atoms with E-state index in [0.29, 0.717) is 22.3 Å². The summed E-state index contributed by atoms with van der Waals surface area (Å²) in [5.74, 6) is 0.527. The molecule has 6 rings (SSSR count). The number of aromatic amines is 4. The third-order valence-electron chi connectivity index (χ3n) is 5.16. The summed E-state index contributed by atoms with van der Waals surface area (Å²) < 4.78 is 10.5. The number of carboxylic acids is 1. The zero-order valence-corrected chi connectivity index (χ0v) is 19.5. The fourth-order valence-corrected chi connectivity index (χ4v) is 3.71. The van der Waals surface area contributed by atoms with Crippen LogP contribution in [-0.4, -0.2) is 55.2 Å². The summed E-state index contributed by atoms with van der Waals surface area (Å²) in [5, 5.41) is 10.5. The van der Waals surface area contributed by atoms with Gasteiger partial charge in [0.05, 0.1) is 42.2 Å². The maximum absolute atomic E-state index is 11.6. The average Bonchev–Trinajstić information content (AvgIpc) is 3.42. The molecule has 12 heteroatoms. The molecule has 0 aliphatic carbocycles. The van der Waals surface area contributed by atoms with Crippen LogP contribution in [0.25, 0.3) is 43.9 Å². The van der Waals surface area contributed by atoms with Gasteiger partial charge in [0.2, 0.25) is 11.4 Å². The van der Waals surface area contributed by atoms with Crippen molar-refractivity contribution in [3.05, 3.63) is 69.6 Å². The van der Waals surface area contributed by atoms with E-state index in [1.807, 2.05) is 12.1 Å². The molecule has 5 N–H and O–H groups in total. The molecule has 12 nitrogen and oxygen atoms in total. The predicted octanol–water partition coefficient (Wildman–Crippen LogP) is 2.92. The molecule has 0 fully saturated rings. The summed E-state index contributed by atoms with van der Waals surface area (Å²) in [7, 11) is 3.24. The van der Waals surface area contributed by atoms with E-state index in [-0.39, 0.29) is 11.0 Å². The van der Waals surface area contributed by atoms with Gasteiger partial charge in [0.1, 0.15) is 17.0 Å². The number of H-pyrrole nitrogens is 4. The Kier molecular flexibility index (Phi) is 6.68. The van der Waals surface area contributed by atoms with Crippen molar-refractivity contribution in [3.63, 3.8) is 0 Å². The Hall–Kier alpha value is -5.13. The van der Waals surface area contributed by atoms with Crippen LogP contribution < -0.4 is 20.5 Å². The van der Waals surface area contributed by atoms with Gasteiger partial charge in [-0.05, 0) is 6.07 Å². The summed E-state index contributed by atoms with van der Waals surface area (Å²) in [4.78, 5) is 51.9. The van der Waals surface area contributed by atoms with E-state index in [4.69, 9.17) is 19.4 Å². The Bertz CT molecular complexity index is 1810. The monoisotopic (exact) mass is 490 g/mol. The van der Waals surface area contributed by atoms with Crippen LogP contribution in [0.5, 0.6) is 11.6 Å². The molecular weight excluding hydrogens is 468 g/mol. The van der Waals surface area contributed by atoms with Gasteiger partial charge in [0.15, 0.2) is 5.43 Å². The number of ether oxygens (including phenoxy) is 2. The van der Waals surface area contributed by atoms with E-state index >= 15 is 0 Å². The summed E-state index contributed by atoms with van der Waals surface area (Å²) in [6.45, 7) is 1.08. The number of pyridine rings is 4. The topological polar surface area (TPSA) is 179 Å². The minimum absolute atomic E-state index is 0.0967. The van der Waals surface area contributed by atoms with Gasteiger partial charge in [-0.25, -0.2) is 9.97 Å². The molecule has 0 aromatic carbocycles. The highest BCUT2D eigenvalue weighted by Gasteiger charge is 2.11. The van der Waals surface area contributed by atoms with Crippen LogP contribution in [0.2, 0.25) is 0 Å². The standard InChI is InChI=1S/C12H11N3O2.C10H7N3O2.C2H4O2/c1-16-9-3-4-13-12-11(9)7-5-10(17-2)14-6-8(7)15-12;14-7-1-2-11-10-9(7)5-3-8(15)12-4-6(5)13-10;1-2(3)4/h3-6H,1-2H3,(H,13,15);1-4H,(H,12,15)(H2,11,13,14);1H3,(H,3,4). The van der Waals surface area contributed by atoms with Gasteiger partial charge in [-0.2, -0.15) is 0 Å². The number of aromatic nitrogens is 6. The highest BCUT2D eigenvalue weighted by molar-refractivity contribution is 6.09. The van der Waals surface area contributed by atoms with E-state index in [0.717, 1.165) is 40.1 Å². The maximum atomic E-state index is 11.6. The van der Waals surface area contributed by atoms with E-state index in [9.17, 15) is 9.59 Å². The van der Waals surface area contributed by atoms with E-state index in [1.54, 1.807) is 39.0 Å². The van der Waals surface area contributed by atoms with Gasteiger partial charge in [0.25, 0.3) is 5.97 Å². The zero-order chi connectivity index (χ0) is 25.8. The molecule has 0 spiro atoms. The minimum Gasteiger partial charge on any atom is -0.496 e. The van der Waals surface area contributed by atoms with Crippen molar-refractivity contribution in [1.82, 2.24) is 29.9 Å². The maximum Gasteiger partial charge on any atom is 0.300 e. The number of rotatable bonds is 2. The number of nitrogens with zero attached hydrogens (tertiary/aromatic N) is 2. The van der Waals surface area contributed by atoms with Crippen molar-refractivity contribution >= 4 is 49.8 Å². The predicted molar refractivity (Wildman–Crippen MR) is 135 cm³/mol. The van der Waals surface area contributed by atoms with Crippen molar-refractivity contribution in [2.75, 3.05) is 14.2 Å². The number of aliphatic carboxylic acids is 1. The molecular formula is C24H22N6O6. The van der Waals surface area contributed by atoms with Crippen LogP contribution >= 0.6 is 0 Å². The molecule has 0 saturated carbocycles. The van der Waals surface area contributed by atoms with Gasteiger partial charge < -0.3 is 34.5 Å². The molecule has 36 heavy (non-hydrogen) atoms. The number of methoxy groups -OCH3 is 2. The van der Waals surface area contributed by atoms with Crippen LogP contribution in [0, 0.1) is 0 Å². The van der Waals surface area contributed by atoms with Crippen molar-refractivity contribution in [3.8, 4) is 11.6 Å². The summed E-state index contributed by atoms with van der Waals surface area (Å²) in [5.41, 5.74) is 2.76. The third-order valence-corrected chi connectivity index (χ3v) is 5.16. The smallest absolute Gasteiger partial charge is 0.300 e. The first kappa shape index (κ1) is 24.0. The fraction of sp³-hybridized carbons (Fsp3) is 0.125. The second-order valence-corrected chi connectivity index (χ2v) is 7.49. The van der Waals surface area contributed by atoms with Crippen molar-refractivity contribution in [2.24, 2.45) is 0 Å². The van der Waals surface area contributed by atoms with Gasteiger partial charge >= 0.3 is 0 Å². The molecule has 0 unspecified atom stereocenters. The highest BCUT2D eigenvalue weighted by Crippen LogP contribution is 2.32. The van der Waals surface area contributed by atoms with E-state index in [1.165, 1.54) is 12.1 Å². The van der Waals surface area contributed by atoms with Crippen LogP contribution in [0.1, 0.15) is 6.92 Å². The third kappa shape index (κ3) is 4.73. The van der Waals surface area contributed by atoms with E-state index < -0.39 is 5.97 Å². The number of hydrogen-bond acceptors (Lipinski definition) is 7. The van der Waals surface area contributed by atoms with Crippen LogP contribution in [0.4, 0.5) is 0 Å². The lowest BCUT2D eigenvalue weighted by Gasteiger charge is -2.01. The quantitative estimate of drug-likeness (QED) is 0.246. The van der Waals surface area contributed by atoms with Gasteiger partial charge in [-0.15, -0.1) is 0 Å². The van der Waals surface area contributed by atoms with Gasteiger partial charge in [0, 0.05) is 54.5 Å². The lowest BCUT2D eigenvalue weighted by atomic mass is 10.2. The molecule has 0 aliphatic rings. The minimum atomic E-state index is -0.833. The molecule has 6 heterocycles. The molecule has 0 aliphatic heterocycles. The van der Waals surface area contributed by atoms with Crippen LogP contribution in [0.15, 0.2) is 58.6 Å². The van der Waals surface area contributed by atoms with Crippen LogP contribution in [0.3, 0.4) is 0 Å². The normalized spacial score (nSPS) is 10.5. The lowest BCUT2D eigenvalue weighted by Crippen LogP contribution is -2.02. The molecule has 0 saturated heterocycles. The molecule has 6 aromatic rings. The largest absolute Gasteiger partial charge is 0.496 e. The lowest BCUT2D eigenvalue weighted by molar-refractivity contribution is -0.134. The Labute approximate surface area is 201 Å². The van der Waals surface area contributed by atoms with Gasteiger partial charge in [-0.3, -0.25) is 14.4 Å². The Morgan fingerprint density at radius 2 is 1.69 bits per heavy atom. The van der Waals surface area contributed by atoms with Gasteiger partial charge in [-0.1, -0.05) is 0 Å². The molecule has 0 atom stereocenters. The second kappa shape index (κ2) is 10.0. The second-order valence-electron chi connectivity index (χ2n) is 7.49. The zero-order valence-electron chi connectivity index (χ0n) is 19.5. The SMILES string of the molecule is CC(=O)O.COc1cc2c(cn1)[nH]c1nccc(OC)c12.O=c1cc2c(c[nH]1)[nH]c1[nH]ccc(=O)c12. The number of fused-ring (bicyclic) bond motifs is 6.